The van der Waals surface area contributed by atoms with Gasteiger partial charge in [0.25, 0.3) is 0 Å². The maximum atomic E-state index is 13.4. The highest BCUT2D eigenvalue weighted by Crippen LogP contribution is 2.64. The van der Waals surface area contributed by atoms with Gasteiger partial charge in [0.15, 0.2) is 21.3 Å². The Morgan fingerprint density at radius 2 is 1.89 bits per heavy atom. The summed E-state index contributed by atoms with van der Waals surface area (Å²) in [6.45, 7) is 0.605. The van der Waals surface area contributed by atoms with Gasteiger partial charge in [0, 0.05) is 30.0 Å². The van der Waals surface area contributed by atoms with Crippen molar-refractivity contribution in [3.05, 3.63) is 53.1 Å². The molecule has 2 aromatic carbocycles. The molecule has 2 aliphatic rings. The van der Waals surface area contributed by atoms with Crippen molar-refractivity contribution in [2.75, 3.05) is 27.1 Å². The van der Waals surface area contributed by atoms with E-state index < -0.39 is 20.5 Å². The monoisotopic (exact) mass is 409 g/mol. The zero-order chi connectivity index (χ0) is 19.2. The lowest BCUT2D eigenvalue weighted by Crippen LogP contribution is -2.28. The molecule has 0 amide bonds. The van der Waals surface area contributed by atoms with Gasteiger partial charge in [-0.2, -0.15) is 0 Å². The zero-order valence-electron chi connectivity index (χ0n) is 14.7. The van der Waals surface area contributed by atoms with Crippen LogP contribution in [0, 0.1) is 5.41 Å². The van der Waals surface area contributed by atoms with Gasteiger partial charge in [-0.1, -0.05) is 17.7 Å². The second-order valence-corrected chi connectivity index (χ2v) is 9.39. The van der Waals surface area contributed by atoms with Gasteiger partial charge in [0.1, 0.15) is 0 Å². The number of halogens is 1. The van der Waals surface area contributed by atoms with E-state index in [1.165, 1.54) is 12.1 Å². The summed E-state index contributed by atoms with van der Waals surface area (Å²) in [5.41, 5.74) is 6.22. The van der Waals surface area contributed by atoms with Crippen LogP contribution in [0.15, 0.2) is 47.4 Å². The first-order valence-electron chi connectivity index (χ1n) is 8.52. The fourth-order valence-corrected chi connectivity index (χ4v) is 6.64. The van der Waals surface area contributed by atoms with Crippen molar-refractivity contribution in [2.45, 2.75) is 16.1 Å². The molecule has 0 radical (unpaired) electrons. The van der Waals surface area contributed by atoms with Crippen molar-refractivity contribution in [3.63, 3.8) is 0 Å². The lowest BCUT2D eigenvalue weighted by atomic mass is 9.99. The number of hydrogen-bond donors (Lipinski definition) is 1. The molecule has 1 heterocycles. The Labute approximate surface area is 163 Å². The fraction of sp³-hybridized carbons (Fsp3) is 0.368. The van der Waals surface area contributed by atoms with E-state index in [9.17, 15) is 8.42 Å². The number of hydrogen-bond acceptors (Lipinski definition) is 6. The molecule has 0 bridgehead atoms. The number of methoxy groups -OCH3 is 1. The number of sulfone groups is 1. The molecule has 1 saturated carbocycles. The van der Waals surface area contributed by atoms with E-state index >= 15 is 0 Å². The van der Waals surface area contributed by atoms with Crippen molar-refractivity contribution >= 4 is 21.4 Å². The normalized spacial score (nSPS) is 26.2. The Morgan fingerprint density at radius 3 is 2.56 bits per heavy atom. The van der Waals surface area contributed by atoms with Gasteiger partial charge in [-0.3, -0.25) is 0 Å². The fourth-order valence-electron chi connectivity index (χ4n) is 4.07. The van der Waals surface area contributed by atoms with E-state index in [-0.39, 0.29) is 30.8 Å². The lowest BCUT2D eigenvalue weighted by Gasteiger charge is -2.15. The van der Waals surface area contributed by atoms with Crippen LogP contribution in [0.2, 0.25) is 5.02 Å². The van der Waals surface area contributed by atoms with Crippen molar-refractivity contribution in [1.82, 2.24) is 0 Å². The van der Waals surface area contributed by atoms with Gasteiger partial charge in [-0.25, -0.2) is 8.42 Å². The minimum atomic E-state index is -3.63. The van der Waals surface area contributed by atoms with Gasteiger partial charge in [-0.15, -0.1) is 0 Å². The van der Waals surface area contributed by atoms with Crippen LogP contribution < -0.4 is 15.2 Å². The molecule has 2 aromatic rings. The predicted octanol–water partition coefficient (Wildman–Crippen LogP) is 2.60. The third-order valence-electron chi connectivity index (χ3n) is 5.40. The Balaban J connectivity index is 1.76. The standard InChI is InChI=1S/C19H20ClNO5S/c1-24-10-19(9-21)17(12-2-7-15-16(8-12)26-11-25-15)18(19)27(22,23)14-5-3-13(20)4-6-14/h2-8,17-18H,9-11,21H2,1H3/t17-,18+,19+/m1/s1. The van der Waals surface area contributed by atoms with Crippen molar-refractivity contribution < 1.29 is 22.6 Å². The largest absolute Gasteiger partial charge is 0.454 e. The molecule has 0 aromatic heterocycles. The molecule has 6 nitrogen and oxygen atoms in total. The SMILES string of the molecule is COC[C@@]1(CN)[C@H](c2ccc3c(c2)OCO3)[C@@H]1S(=O)(=O)c1ccc(Cl)cc1. The summed E-state index contributed by atoms with van der Waals surface area (Å²) in [4.78, 5) is 0.231. The van der Waals surface area contributed by atoms with Crippen LogP contribution in [0.5, 0.6) is 11.5 Å². The summed E-state index contributed by atoms with van der Waals surface area (Å²) in [5.74, 6) is 0.976. The molecule has 1 aliphatic carbocycles. The highest BCUT2D eigenvalue weighted by Gasteiger charge is 2.70. The number of nitrogens with two attached hydrogens (primary N) is 1. The zero-order valence-corrected chi connectivity index (χ0v) is 16.3. The van der Waals surface area contributed by atoms with Gasteiger partial charge < -0.3 is 19.9 Å². The summed E-state index contributed by atoms with van der Waals surface area (Å²) in [7, 11) is -2.07. The van der Waals surface area contributed by atoms with Crippen LogP contribution in [0.4, 0.5) is 0 Å². The summed E-state index contributed by atoms with van der Waals surface area (Å²) in [6.07, 6.45) is 0. The first-order chi connectivity index (χ1) is 12.9. The molecule has 8 heteroatoms. The van der Waals surface area contributed by atoms with Gasteiger partial charge in [0.05, 0.1) is 16.8 Å². The maximum absolute atomic E-state index is 13.4. The number of rotatable bonds is 6. The molecule has 3 atom stereocenters. The summed E-state index contributed by atoms with van der Waals surface area (Å²) in [5, 5.41) is -0.199. The Bertz CT molecular complexity index is 963. The molecule has 27 heavy (non-hydrogen) atoms. The molecule has 2 N–H and O–H groups in total. The molecule has 0 unspecified atom stereocenters. The Morgan fingerprint density at radius 1 is 1.19 bits per heavy atom. The highest BCUT2D eigenvalue weighted by molar-refractivity contribution is 7.92. The van der Waals surface area contributed by atoms with Gasteiger partial charge >= 0.3 is 0 Å². The lowest BCUT2D eigenvalue weighted by molar-refractivity contribution is 0.142. The second kappa shape index (κ2) is 6.67. The molecular formula is C19H20ClNO5S. The topological polar surface area (TPSA) is 87.8 Å². The van der Waals surface area contributed by atoms with Crippen LogP contribution in [0.25, 0.3) is 0 Å². The summed E-state index contributed by atoms with van der Waals surface area (Å²) in [6, 6.07) is 11.7. The van der Waals surface area contributed by atoms with Crippen molar-refractivity contribution in [1.29, 1.82) is 0 Å². The van der Waals surface area contributed by atoms with Gasteiger partial charge in [-0.05, 0) is 42.0 Å². The third kappa shape index (κ3) is 2.89. The van der Waals surface area contributed by atoms with Crippen LogP contribution in [-0.4, -0.2) is 40.7 Å². The van der Waals surface area contributed by atoms with Crippen LogP contribution in [0.1, 0.15) is 11.5 Å². The first kappa shape index (κ1) is 18.6. The molecule has 144 valence electrons. The maximum Gasteiger partial charge on any atom is 0.231 e. The third-order valence-corrected chi connectivity index (χ3v) is 8.00. The predicted molar refractivity (Wildman–Crippen MR) is 101 cm³/mol. The van der Waals surface area contributed by atoms with E-state index in [2.05, 4.69) is 0 Å². The molecule has 4 rings (SSSR count). The minimum absolute atomic E-state index is 0.163. The summed E-state index contributed by atoms with van der Waals surface area (Å²) < 4.78 is 42.9. The minimum Gasteiger partial charge on any atom is -0.454 e. The highest BCUT2D eigenvalue weighted by atomic mass is 35.5. The second-order valence-electron chi connectivity index (χ2n) is 6.88. The average Bonchev–Trinajstić information content (AvgIpc) is 3.10. The number of fused-ring (bicyclic) bond motifs is 1. The quantitative estimate of drug-likeness (QED) is 0.789. The van der Waals surface area contributed by atoms with E-state index in [1.54, 1.807) is 25.3 Å². The summed E-state index contributed by atoms with van der Waals surface area (Å²) >= 11 is 5.91. The number of ether oxygens (including phenoxy) is 3. The molecule has 1 aliphatic heterocycles. The molecule has 1 fully saturated rings. The first-order valence-corrected chi connectivity index (χ1v) is 10.4. The number of benzene rings is 2. The van der Waals surface area contributed by atoms with E-state index in [4.69, 9.17) is 31.5 Å². The molecule has 0 spiro atoms. The Hall–Kier alpha value is -1.80. The van der Waals surface area contributed by atoms with Crippen molar-refractivity contribution in [2.24, 2.45) is 11.1 Å². The van der Waals surface area contributed by atoms with E-state index in [0.29, 0.717) is 16.5 Å². The van der Waals surface area contributed by atoms with E-state index in [0.717, 1.165) is 5.56 Å². The van der Waals surface area contributed by atoms with Crippen molar-refractivity contribution in [3.8, 4) is 11.5 Å². The molecule has 0 saturated heterocycles. The van der Waals surface area contributed by atoms with Crippen LogP contribution in [0.3, 0.4) is 0 Å². The average molecular weight is 410 g/mol. The van der Waals surface area contributed by atoms with E-state index in [1.807, 2.05) is 12.1 Å². The Kier molecular flexibility index (Phi) is 4.58. The van der Waals surface area contributed by atoms with Crippen LogP contribution in [-0.2, 0) is 14.6 Å². The smallest absolute Gasteiger partial charge is 0.231 e. The molecular weight excluding hydrogens is 390 g/mol. The van der Waals surface area contributed by atoms with Crippen LogP contribution >= 0.6 is 11.6 Å². The van der Waals surface area contributed by atoms with Gasteiger partial charge in [0.2, 0.25) is 6.79 Å².